The quantitative estimate of drug-likeness (QED) is 0.848. The van der Waals surface area contributed by atoms with Gasteiger partial charge in [-0.2, -0.15) is 0 Å². The van der Waals surface area contributed by atoms with Crippen molar-refractivity contribution < 1.29 is 0 Å². The minimum atomic E-state index is 0.0529. The molecule has 92 valence electrons. The largest absolute Gasteiger partial charge is 0.362 e. The zero-order chi connectivity index (χ0) is 11.8. The van der Waals surface area contributed by atoms with Crippen LogP contribution in [-0.4, -0.2) is 15.6 Å². The third-order valence-electron chi connectivity index (χ3n) is 3.71. The van der Waals surface area contributed by atoms with Crippen LogP contribution < -0.4 is 10.9 Å². The fourth-order valence-corrected chi connectivity index (χ4v) is 2.45. The smallest absolute Gasteiger partial charge is 0.293 e. The first-order chi connectivity index (χ1) is 8.29. The van der Waals surface area contributed by atoms with E-state index in [2.05, 4.69) is 17.2 Å². The van der Waals surface area contributed by atoms with Crippen molar-refractivity contribution in [3.8, 4) is 0 Å². The van der Waals surface area contributed by atoms with Gasteiger partial charge in [0.1, 0.15) is 0 Å². The molecule has 2 saturated carbocycles. The van der Waals surface area contributed by atoms with Crippen molar-refractivity contribution >= 4 is 5.82 Å². The minimum absolute atomic E-state index is 0.0529. The molecular weight excluding hydrogens is 214 g/mol. The van der Waals surface area contributed by atoms with E-state index in [9.17, 15) is 4.79 Å². The lowest BCUT2D eigenvalue weighted by Gasteiger charge is -2.07. The van der Waals surface area contributed by atoms with Gasteiger partial charge in [-0.05, 0) is 31.6 Å². The Hall–Kier alpha value is -1.32. The normalized spacial score (nSPS) is 26.9. The topological polar surface area (TPSA) is 46.9 Å². The van der Waals surface area contributed by atoms with E-state index >= 15 is 0 Å². The monoisotopic (exact) mass is 233 g/mol. The Morgan fingerprint density at radius 1 is 1.53 bits per heavy atom. The van der Waals surface area contributed by atoms with E-state index in [0.29, 0.717) is 17.9 Å². The van der Waals surface area contributed by atoms with Gasteiger partial charge >= 0.3 is 0 Å². The maximum atomic E-state index is 12.1. The van der Waals surface area contributed by atoms with Crippen LogP contribution in [0.25, 0.3) is 0 Å². The van der Waals surface area contributed by atoms with Gasteiger partial charge in [0.05, 0.1) is 0 Å². The molecule has 0 bridgehead atoms. The molecule has 4 heteroatoms. The van der Waals surface area contributed by atoms with Crippen LogP contribution >= 0.6 is 0 Å². The lowest BCUT2D eigenvalue weighted by molar-refractivity contribution is 0.683. The van der Waals surface area contributed by atoms with Crippen LogP contribution in [0.5, 0.6) is 0 Å². The molecule has 0 saturated heterocycles. The lowest BCUT2D eigenvalue weighted by Crippen LogP contribution is -2.24. The Bertz CT molecular complexity index is 464. The van der Waals surface area contributed by atoms with Gasteiger partial charge in [-0.25, -0.2) is 4.98 Å². The second kappa shape index (κ2) is 4.17. The first-order valence-corrected chi connectivity index (χ1v) is 6.63. The van der Waals surface area contributed by atoms with Gasteiger partial charge in [-0.3, -0.25) is 4.79 Å². The number of nitrogens with one attached hydrogen (secondary N) is 1. The van der Waals surface area contributed by atoms with Crippen LogP contribution in [-0.2, 0) is 0 Å². The molecule has 4 nitrogen and oxygen atoms in total. The summed E-state index contributed by atoms with van der Waals surface area (Å²) in [6.07, 6.45) is 9.46. The maximum absolute atomic E-state index is 12.1. The number of nitrogens with zero attached hydrogens (tertiary/aromatic N) is 2. The average Bonchev–Trinajstić information content (AvgIpc) is 3.18. The van der Waals surface area contributed by atoms with Crippen LogP contribution in [0.15, 0.2) is 17.2 Å². The van der Waals surface area contributed by atoms with Crippen molar-refractivity contribution in [1.29, 1.82) is 0 Å². The van der Waals surface area contributed by atoms with Crippen molar-refractivity contribution in [2.45, 2.75) is 51.1 Å². The molecule has 2 atom stereocenters. The molecule has 0 amide bonds. The number of hydrogen-bond donors (Lipinski definition) is 1. The first-order valence-electron chi connectivity index (χ1n) is 6.63. The summed E-state index contributed by atoms with van der Waals surface area (Å²) in [7, 11) is 0. The van der Waals surface area contributed by atoms with Crippen LogP contribution in [0.4, 0.5) is 5.82 Å². The van der Waals surface area contributed by atoms with E-state index < -0.39 is 0 Å². The molecule has 1 aromatic heterocycles. The van der Waals surface area contributed by atoms with E-state index in [-0.39, 0.29) is 5.56 Å². The maximum Gasteiger partial charge on any atom is 0.293 e. The van der Waals surface area contributed by atoms with Crippen molar-refractivity contribution in [2.24, 2.45) is 5.92 Å². The Morgan fingerprint density at radius 2 is 2.35 bits per heavy atom. The van der Waals surface area contributed by atoms with E-state index in [1.54, 1.807) is 6.20 Å². The van der Waals surface area contributed by atoms with Gasteiger partial charge in [0, 0.05) is 24.5 Å². The van der Waals surface area contributed by atoms with Gasteiger partial charge in [-0.1, -0.05) is 13.3 Å². The molecule has 0 aromatic carbocycles. The van der Waals surface area contributed by atoms with Gasteiger partial charge in [0.2, 0.25) is 0 Å². The molecule has 0 radical (unpaired) electrons. The minimum Gasteiger partial charge on any atom is -0.362 e. The molecule has 1 N–H and O–H groups in total. The molecule has 2 aliphatic rings. The SMILES string of the molecule is CCCC1CC1Nc1nccn(C2CC2)c1=O. The molecule has 2 fully saturated rings. The summed E-state index contributed by atoms with van der Waals surface area (Å²) in [5, 5.41) is 3.30. The van der Waals surface area contributed by atoms with Crippen LogP contribution in [0.2, 0.25) is 0 Å². The molecule has 1 heterocycles. The van der Waals surface area contributed by atoms with Crippen molar-refractivity contribution in [2.75, 3.05) is 5.32 Å². The summed E-state index contributed by atoms with van der Waals surface area (Å²) in [6, 6.07) is 0.905. The summed E-state index contributed by atoms with van der Waals surface area (Å²) in [4.78, 5) is 16.3. The third-order valence-corrected chi connectivity index (χ3v) is 3.71. The fraction of sp³-hybridized carbons (Fsp3) is 0.692. The predicted octanol–water partition coefficient (Wildman–Crippen LogP) is 2.18. The Kier molecular flexibility index (Phi) is 2.65. The number of rotatable bonds is 5. The summed E-state index contributed by atoms with van der Waals surface area (Å²) in [5.74, 6) is 1.29. The zero-order valence-corrected chi connectivity index (χ0v) is 10.2. The number of hydrogen-bond acceptors (Lipinski definition) is 3. The third kappa shape index (κ3) is 2.21. The molecular formula is C13H19N3O. The molecule has 17 heavy (non-hydrogen) atoms. The van der Waals surface area contributed by atoms with Crippen LogP contribution in [0.3, 0.4) is 0 Å². The number of anilines is 1. The van der Waals surface area contributed by atoms with E-state index in [1.807, 2.05) is 10.8 Å². The summed E-state index contributed by atoms with van der Waals surface area (Å²) < 4.78 is 1.83. The van der Waals surface area contributed by atoms with Crippen molar-refractivity contribution in [3.63, 3.8) is 0 Å². The van der Waals surface area contributed by atoms with Crippen molar-refractivity contribution in [1.82, 2.24) is 9.55 Å². The predicted molar refractivity (Wildman–Crippen MR) is 67.2 cm³/mol. The summed E-state index contributed by atoms with van der Waals surface area (Å²) >= 11 is 0. The lowest BCUT2D eigenvalue weighted by atomic mass is 10.2. The molecule has 3 rings (SSSR count). The highest BCUT2D eigenvalue weighted by atomic mass is 16.1. The highest BCUT2D eigenvalue weighted by Crippen LogP contribution is 2.37. The second-order valence-corrected chi connectivity index (χ2v) is 5.25. The van der Waals surface area contributed by atoms with Gasteiger partial charge in [0.25, 0.3) is 5.56 Å². The first kappa shape index (κ1) is 10.8. The molecule has 2 aliphatic carbocycles. The Labute approximate surface area is 101 Å². The Morgan fingerprint density at radius 3 is 3.06 bits per heavy atom. The molecule has 0 spiro atoms. The van der Waals surface area contributed by atoms with E-state index in [4.69, 9.17) is 0 Å². The highest BCUT2D eigenvalue weighted by molar-refractivity contribution is 5.35. The number of aromatic nitrogens is 2. The summed E-state index contributed by atoms with van der Waals surface area (Å²) in [6.45, 7) is 2.20. The highest BCUT2D eigenvalue weighted by Gasteiger charge is 2.37. The van der Waals surface area contributed by atoms with Gasteiger partial charge in [0.15, 0.2) is 5.82 Å². The van der Waals surface area contributed by atoms with E-state index in [0.717, 1.165) is 18.8 Å². The standard InChI is InChI=1S/C13H19N3O/c1-2-3-9-8-11(9)15-12-13(17)16(7-6-14-12)10-4-5-10/h6-7,9-11H,2-5,8H2,1H3,(H,14,15). The zero-order valence-electron chi connectivity index (χ0n) is 10.2. The second-order valence-electron chi connectivity index (χ2n) is 5.25. The Balaban J connectivity index is 1.71. The molecule has 1 aromatic rings. The van der Waals surface area contributed by atoms with E-state index in [1.165, 1.54) is 19.3 Å². The van der Waals surface area contributed by atoms with Crippen LogP contribution in [0.1, 0.15) is 45.1 Å². The van der Waals surface area contributed by atoms with Crippen molar-refractivity contribution in [3.05, 3.63) is 22.7 Å². The summed E-state index contributed by atoms with van der Waals surface area (Å²) in [5.41, 5.74) is 0.0529. The molecule has 0 aliphatic heterocycles. The van der Waals surface area contributed by atoms with Gasteiger partial charge < -0.3 is 9.88 Å². The fourth-order valence-electron chi connectivity index (χ4n) is 2.45. The van der Waals surface area contributed by atoms with Gasteiger partial charge in [-0.15, -0.1) is 0 Å². The average molecular weight is 233 g/mol. The molecule has 2 unspecified atom stereocenters. The van der Waals surface area contributed by atoms with Crippen LogP contribution in [0, 0.1) is 5.92 Å².